The van der Waals surface area contributed by atoms with E-state index in [4.69, 9.17) is 16.3 Å². The van der Waals surface area contributed by atoms with Gasteiger partial charge in [-0.25, -0.2) is 4.79 Å². The summed E-state index contributed by atoms with van der Waals surface area (Å²) in [5.74, 6) is 0.0287. The molecule has 0 saturated carbocycles. The molecule has 0 unspecified atom stereocenters. The van der Waals surface area contributed by atoms with Crippen molar-refractivity contribution in [2.45, 2.75) is 0 Å². The molecule has 0 bridgehead atoms. The first-order chi connectivity index (χ1) is 11.1. The number of para-hydroxylation sites is 2. The topological polar surface area (TPSA) is 46.5 Å². The zero-order chi connectivity index (χ0) is 16.2. The molecule has 4 heteroatoms. The maximum absolute atomic E-state index is 12.3. The minimum absolute atomic E-state index is 0.127. The van der Waals surface area contributed by atoms with Crippen LogP contribution in [0.15, 0.2) is 72.8 Å². The van der Waals surface area contributed by atoms with Crippen LogP contribution in [-0.4, -0.2) is 11.1 Å². The molecule has 0 radical (unpaired) electrons. The molecule has 23 heavy (non-hydrogen) atoms. The second kappa shape index (κ2) is 6.55. The van der Waals surface area contributed by atoms with E-state index in [2.05, 4.69) is 0 Å². The molecule has 0 aliphatic carbocycles. The van der Waals surface area contributed by atoms with Crippen molar-refractivity contribution >= 4 is 17.6 Å². The zero-order valence-electron chi connectivity index (χ0n) is 12.1. The minimum atomic E-state index is -0.482. The molecule has 3 aromatic carbocycles. The summed E-state index contributed by atoms with van der Waals surface area (Å²) >= 11 is 5.82. The summed E-state index contributed by atoms with van der Waals surface area (Å²) in [6.07, 6.45) is 0. The van der Waals surface area contributed by atoms with Crippen molar-refractivity contribution in [2.75, 3.05) is 0 Å². The predicted molar refractivity (Wildman–Crippen MR) is 90.0 cm³/mol. The van der Waals surface area contributed by atoms with Crippen LogP contribution in [0.5, 0.6) is 11.5 Å². The fraction of sp³-hybridized carbons (Fsp3) is 0. The van der Waals surface area contributed by atoms with Gasteiger partial charge in [0.25, 0.3) is 0 Å². The zero-order valence-corrected chi connectivity index (χ0v) is 12.8. The Morgan fingerprint density at radius 3 is 2.13 bits per heavy atom. The molecule has 0 amide bonds. The van der Waals surface area contributed by atoms with Crippen LogP contribution in [0.1, 0.15) is 10.4 Å². The fourth-order valence-electron chi connectivity index (χ4n) is 2.22. The van der Waals surface area contributed by atoms with Gasteiger partial charge in [-0.05, 0) is 36.4 Å². The Morgan fingerprint density at radius 1 is 0.826 bits per heavy atom. The number of phenols is 1. The largest absolute Gasteiger partial charge is 0.507 e. The number of phenolic OH excluding ortho intramolecular Hbond substituents is 1. The average Bonchev–Trinajstić information content (AvgIpc) is 2.56. The van der Waals surface area contributed by atoms with E-state index in [1.165, 1.54) is 0 Å². The van der Waals surface area contributed by atoms with Gasteiger partial charge in [0.15, 0.2) is 0 Å². The highest BCUT2D eigenvalue weighted by atomic mass is 35.5. The number of hydrogen-bond donors (Lipinski definition) is 1. The molecule has 3 rings (SSSR count). The van der Waals surface area contributed by atoms with Crippen LogP contribution >= 0.6 is 11.6 Å². The van der Waals surface area contributed by atoms with Crippen LogP contribution in [0.2, 0.25) is 5.02 Å². The lowest BCUT2D eigenvalue weighted by molar-refractivity contribution is 0.0735. The van der Waals surface area contributed by atoms with E-state index in [0.29, 0.717) is 27.5 Å². The van der Waals surface area contributed by atoms with Gasteiger partial charge in [-0.3, -0.25) is 0 Å². The van der Waals surface area contributed by atoms with Gasteiger partial charge in [0, 0.05) is 16.1 Å². The highest BCUT2D eigenvalue weighted by Crippen LogP contribution is 2.35. The van der Waals surface area contributed by atoms with Crippen LogP contribution in [0.25, 0.3) is 11.1 Å². The molecule has 0 spiro atoms. The maximum atomic E-state index is 12.3. The predicted octanol–water partition coefficient (Wildman–Crippen LogP) is 4.93. The Labute approximate surface area is 138 Å². The SMILES string of the molecule is O=C(Oc1ccccc1-c1ccccc1O)c1ccc(Cl)cc1. The number of carbonyl (C=O) groups excluding carboxylic acids is 1. The molecule has 1 N–H and O–H groups in total. The first-order valence-corrected chi connectivity index (χ1v) is 7.38. The number of aromatic hydroxyl groups is 1. The summed E-state index contributed by atoms with van der Waals surface area (Å²) in [4.78, 5) is 12.3. The van der Waals surface area contributed by atoms with Crippen LogP contribution < -0.4 is 4.74 Å². The van der Waals surface area contributed by atoms with Gasteiger partial charge < -0.3 is 9.84 Å². The van der Waals surface area contributed by atoms with Crippen molar-refractivity contribution in [3.8, 4) is 22.6 Å². The number of hydrogen-bond acceptors (Lipinski definition) is 3. The number of carbonyl (C=O) groups is 1. The molecule has 0 fully saturated rings. The lowest BCUT2D eigenvalue weighted by atomic mass is 10.0. The smallest absolute Gasteiger partial charge is 0.343 e. The Kier molecular flexibility index (Phi) is 4.31. The molecule has 0 aliphatic rings. The normalized spacial score (nSPS) is 10.3. The van der Waals surface area contributed by atoms with Gasteiger partial charge in [0.05, 0.1) is 5.56 Å². The third kappa shape index (κ3) is 3.35. The van der Waals surface area contributed by atoms with Gasteiger partial charge in [-0.15, -0.1) is 0 Å². The molecule has 3 aromatic rings. The highest BCUT2D eigenvalue weighted by molar-refractivity contribution is 6.30. The van der Waals surface area contributed by atoms with Crippen LogP contribution in [0.3, 0.4) is 0 Å². The monoisotopic (exact) mass is 324 g/mol. The van der Waals surface area contributed by atoms with Crippen molar-refractivity contribution in [1.82, 2.24) is 0 Å². The Balaban J connectivity index is 1.94. The Hall–Kier alpha value is -2.78. The molecule has 0 aromatic heterocycles. The van der Waals surface area contributed by atoms with E-state index in [-0.39, 0.29) is 5.75 Å². The molecule has 0 saturated heterocycles. The van der Waals surface area contributed by atoms with Crippen LogP contribution in [0.4, 0.5) is 0 Å². The van der Waals surface area contributed by atoms with Crippen molar-refractivity contribution < 1.29 is 14.6 Å². The van der Waals surface area contributed by atoms with E-state index in [1.54, 1.807) is 60.7 Å². The number of rotatable bonds is 3. The summed E-state index contributed by atoms with van der Waals surface area (Å²) in [7, 11) is 0. The maximum Gasteiger partial charge on any atom is 0.343 e. The summed E-state index contributed by atoms with van der Waals surface area (Å²) in [6.45, 7) is 0. The third-order valence-corrected chi connectivity index (χ3v) is 3.62. The van der Waals surface area contributed by atoms with Crippen LogP contribution in [-0.2, 0) is 0 Å². The summed E-state index contributed by atoms with van der Waals surface area (Å²) < 4.78 is 5.49. The standard InChI is InChI=1S/C19H13ClO3/c20-14-11-9-13(10-12-14)19(22)23-18-8-4-2-6-16(18)15-5-1-3-7-17(15)21/h1-12,21H. The molecular weight excluding hydrogens is 312 g/mol. The Morgan fingerprint density at radius 2 is 1.43 bits per heavy atom. The molecule has 114 valence electrons. The van der Waals surface area contributed by atoms with E-state index < -0.39 is 5.97 Å². The second-order valence-corrected chi connectivity index (χ2v) is 5.35. The quantitative estimate of drug-likeness (QED) is 0.548. The minimum Gasteiger partial charge on any atom is -0.507 e. The summed E-state index contributed by atoms with van der Waals surface area (Å²) in [6, 6.07) is 20.5. The van der Waals surface area contributed by atoms with Crippen molar-refractivity contribution in [2.24, 2.45) is 0 Å². The Bertz CT molecular complexity index is 841. The van der Waals surface area contributed by atoms with E-state index >= 15 is 0 Å². The summed E-state index contributed by atoms with van der Waals surface area (Å²) in [5.41, 5.74) is 1.65. The van der Waals surface area contributed by atoms with Gasteiger partial charge in [0.2, 0.25) is 0 Å². The number of ether oxygens (including phenoxy) is 1. The van der Waals surface area contributed by atoms with Crippen LogP contribution in [0, 0.1) is 0 Å². The number of halogens is 1. The van der Waals surface area contributed by atoms with Gasteiger partial charge in [-0.1, -0.05) is 48.0 Å². The van der Waals surface area contributed by atoms with E-state index in [1.807, 2.05) is 12.1 Å². The van der Waals surface area contributed by atoms with Gasteiger partial charge >= 0.3 is 5.97 Å². The number of esters is 1. The van der Waals surface area contributed by atoms with Crippen molar-refractivity contribution in [1.29, 1.82) is 0 Å². The molecule has 0 atom stereocenters. The fourth-order valence-corrected chi connectivity index (χ4v) is 2.35. The second-order valence-electron chi connectivity index (χ2n) is 4.91. The lowest BCUT2D eigenvalue weighted by Crippen LogP contribution is -2.08. The van der Waals surface area contributed by atoms with Crippen molar-refractivity contribution in [3.05, 3.63) is 83.4 Å². The first-order valence-electron chi connectivity index (χ1n) is 7.00. The highest BCUT2D eigenvalue weighted by Gasteiger charge is 2.14. The molecular formula is C19H13ClO3. The molecule has 0 heterocycles. The van der Waals surface area contributed by atoms with Gasteiger partial charge in [-0.2, -0.15) is 0 Å². The first kappa shape index (κ1) is 15.1. The molecule has 0 aliphatic heterocycles. The third-order valence-electron chi connectivity index (χ3n) is 3.36. The lowest BCUT2D eigenvalue weighted by Gasteiger charge is -2.11. The van der Waals surface area contributed by atoms with Crippen molar-refractivity contribution in [3.63, 3.8) is 0 Å². The summed E-state index contributed by atoms with van der Waals surface area (Å²) in [5, 5.41) is 10.6. The average molecular weight is 325 g/mol. The number of benzene rings is 3. The van der Waals surface area contributed by atoms with E-state index in [0.717, 1.165) is 0 Å². The molecule has 3 nitrogen and oxygen atoms in total. The van der Waals surface area contributed by atoms with E-state index in [9.17, 15) is 9.90 Å². The van der Waals surface area contributed by atoms with Gasteiger partial charge in [0.1, 0.15) is 11.5 Å².